The van der Waals surface area contributed by atoms with Crippen molar-refractivity contribution in [3.8, 4) is 11.5 Å². The molecule has 26 heavy (non-hydrogen) atoms. The third-order valence-electron chi connectivity index (χ3n) is 3.62. The molecule has 0 unspecified atom stereocenters. The number of hydrogen-bond donors (Lipinski definition) is 1. The molecule has 0 bridgehead atoms. The summed E-state index contributed by atoms with van der Waals surface area (Å²) >= 11 is 3.16. The number of aromatic nitrogens is 2. The molecular formula is C18H15BrFN3O3. The highest BCUT2D eigenvalue weighted by Crippen LogP contribution is 2.19. The Bertz CT molecular complexity index is 970. The molecule has 0 radical (unpaired) electrons. The van der Waals surface area contributed by atoms with Gasteiger partial charge in [0.05, 0.1) is 12.0 Å². The molecule has 0 spiro atoms. The maximum atomic E-state index is 13.7. The molecule has 1 N–H and O–H groups in total. The first-order valence-corrected chi connectivity index (χ1v) is 8.69. The summed E-state index contributed by atoms with van der Waals surface area (Å²) in [5.74, 6) is -0.291. The number of nitrogens with zero attached hydrogens (tertiary/aromatic N) is 2. The summed E-state index contributed by atoms with van der Waals surface area (Å²) in [7, 11) is 0. The van der Waals surface area contributed by atoms with Crippen molar-refractivity contribution in [1.29, 1.82) is 0 Å². The van der Waals surface area contributed by atoms with Crippen LogP contribution in [0.15, 0.2) is 62.4 Å². The number of rotatable bonds is 6. The van der Waals surface area contributed by atoms with Crippen LogP contribution in [0.2, 0.25) is 0 Å². The van der Waals surface area contributed by atoms with Crippen molar-refractivity contribution >= 4 is 27.5 Å². The first-order valence-electron chi connectivity index (χ1n) is 7.90. The Balaban J connectivity index is 1.58. The SMILES string of the molecule is O=C(CCCn1nc(-c2ccco2)ccc1=O)Nc1ccc(Br)cc1F. The molecular weight excluding hydrogens is 405 g/mol. The van der Waals surface area contributed by atoms with Crippen molar-refractivity contribution in [3.05, 3.63) is 69.4 Å². The molecule has 2 aromatic heterocycles. The summed E-state index contributed by atoms with van der Waals surface area (Å²) in [5.41, 5.74) is 0.393. The molecule has 0 fully saturated rings. The van der Waals surface area contributed by atoms with Crippen LogP contribution in [0.25, 0.3) is 11.5 Å². The minimum Gasteiger partial charge on any atom is -0.463 e. The minimum atomic E-state index is -0.517. The Morgan fingerprint density at radius 3 is 2.85 bits per heavy atom. The fraction of sp³-hybridized carbons (Fsp3) is 0.167. The van der Waals surface area contributed by atoms with E-state index in [1.165, 1.54) is 29.1 Å². The second-order valence-electron chi connectivity index (χ2n) is 5.53. The highest BCUT2D eigenvalue weighted by Gasteiger charge is 2.09. The van der Waals surface area contributed by atoms with Gasteiger partial charge in [-0.3, -0.25) is 9.59 Å². The summed E-state index contributed by atoms with van der Waals surface area (Å²) in [6, 6.07) is 10.9. The van der Waals surface area contributed by atoms with Crippen molar-refractivity contribution < 1.29 is 13.6 Å². The molecule has 3 rings (SSSR count). The van der Waals surface area contributed by atoms with Crippen molar-refractivity contribution in [2.24, 2.45) is 0 Å². The van der Waals surface area contributed by atoms with Gasteiger partial charge in [-0.1, -0.05) is 15.9 Å². The minimum absolute atomic E-state index is 0.119. The maximum absolute atomic E-state index is 13.7. The lowest BCUT2D eigenvalue weighted by Crippen LogP contribution is -2.23. The van der Waals surface area contributed by atoms with E-state index in [-0.39, 0.29) is 30.1 Å². The van der Waals surface area contributed by atoms with E-state index in [9.17, 15) is 14.0 Å². The third kappa shape index (κ3) is 4.45. The number of nitrogens with one attached hydrogen (secondary N) is 1. The van der Waals surface area contributed by atoms with Gasteiger partial charge in [0.2, 0.25) is 5.91 Å². The van der Waals surface area contributed by atoms with E-state index in [1.807, 2.05) is 0 Å². The van der Waals surface area contributed by atoms with Gasteiger partial charge in [-0.15, -0.1) is 0 Å². The second-order valence-corrected chi connectivity index (χ2v) is 6.45. The molecule has 2 heterocycles. The van der Waals surface area contributed by atoms with Crippen LogP contribution in [0.5, 0.6) is 0 Å². The van der Waals surface area contributed by atoms with Crippen LogP contribution >= 0.6 is 15.9 Å². The van der Waals surface area contributed by atoms with E-state index < -0.39 is 5.82 Å². The fourth-order valence-corrected chi connectivity index (χ4v) is 2.69. The predicted octanol–water partition coefficient (Wildman–Crippen LogP) is 3.82. The largest absolute Gasteiger partial charge is 0.463 e. The number of aryl methyl sites for hydroxylation is 1. The van der Waals surface area contributed by atoms with Crippen molar-refractivity contribution in [1.82, 2.24) is 9.78 Å². The third-order valence-corrected chi connectivity index (χ3v) is 4.11. The molecule has 0 aliphatic carbocycles. The van der Waals surface area contributed by atoms with Crippen molar-refractivity contribution in [2.45, 2.75) is 19.4 Å². The highest BCUT2D eigenvalue weighted by molar-refractivity contribution is 9.10. The van der Waals surface area contributed by atoms with E-state index >= 15 is 0 Å². The number of amides is 1. The van der Waals surface area contributed by atoms with Gasteiger partial charge < -0.3 is 9.73 Å². The van der Waals surface area contributed by atoms with Crippen LogP contribution in [0.3, 0.4) is 0 Å². The first kappa shape index (κ1) is 18.1. The van der Waals surface area contributed by atoms with Gasteiger partial charge in [0.25, 0.3) is 5.56 Å². The predicted molar refractivity (Wildman–Crippen MR) is 98.2 cm³/mol. The van der Waals surface area contributed by atoms with Gasteiger partial charge in [-0.05, 0) is 42.8 Å². The topological polar surface area (TPSA) is 77.1 Å². The fourth-order valence-electron chi connectivity index (χ4n) is 2.36. The number of hydrogen-bond acceptors (Lipinski definition) is 4. The number of anilines is 1. The van der Waals surface area contributed by atoms with E-state index in [2.05, 4.69) is 26.3 Å². The molecule has 0 atom stereocenters. The zero-order valence-corrected chi connectivity index (χ0v) is 15.2. The van der Waals surface area contributed by atoms with E-state index in [1.54, 1.807) is 24.3 Å². The van der Waals surface area contributed by atoms with Crippen molar-refractivity contribution in [3.63, 3.8) is 0 Å². The molecule has 0 aliphatic rings. The maximum Gasteiger partial charge on any atom is 0.266 e. The van der Waals surface area contributed by atoms with Crippen LogP contribution in [-0.2, 0) is 11.3 Å². The first-order chi connectivity index (χ1) is 12.5. The smallest absolute Gasteiger partial charge is 0.266 e. The lowest BCUT2D eigenvalue weighted by Gasteiger charge is -2.08. The Hall–Kier alpha value is -2.74. The summed E-state index contributed by atoms with van der Waals surface area (Å²) in [4.78, 5) is 23.9. The molecule has 8 heteroatoms. The normalized spacial score (nSPS) is 10.7. The molecule has 1 amide bonds. The number of carbonyl (C=O) groups is 1. The number of halogens is 2. The molecule has 1 aromatic carbocycles. The Labute approximate surface area is 156 Å². The lowest BCUT2D eigenvalue weighted by molar-refractivity contribution is -0.116. The Kier molecular flexibility index (Phi) is 5.62. The quantitative estimate of drug-likeness (QED) is 0.658. The van der Waals surface area contributed by atoms with E-state index in [4.69, 9.17) is 4.42 Å². The number of furan rings is 1. The number of benzene rings is 1. The Morgan fingerprint density at radius 2 is 2.12 bits per heavy atom. The second kappa shape index (κ2) is 8.09. The van der Waals surface area contributed by atoms with Gasteiger partial charge in [0, 0.05) is 23.5 Å². The van der Waals surface area contributed by atoms with Crippen LogP contribution in [0.4, 0.5) is 10.1 Å². The van der Waals surface area contributed by atoms with Crippen LogP contribution < -0.4 is 10.9 Å². The lowest BCUT2D eigenvalue weighted by atomic mass is 10.2. The monoisotopic (exact) mass is 419 g/mol. The average Bonchev–Trinajstić information content (AvgIpc) is 3.14. The van der Waals surface area contributed by atoms with Crippen molar-refractivity contribution in [2.75, 3.05) is 5.32 Å². The highest BCUT2D eigenvalue weighted by atomic mass is 79.9. The van der Waals surface area contributed by atoms with Gasteiger partial charge in [0.1, 0.15) is 11.5 Å². The summed E-state index contributed by atoms with van der Waals surface area (Å²) < 4.78 is 20.9. The summed E-state index contributed by atoms with van der Waals surface area (Å²) in [5, 5.41) is 6.75. The van der Waals surface area contributed by atoms with Gasteiger partial charge in [-0.25, -0.2) is 9.07 Å². The zero-order chi connectivity index (χ0) is 18.5. The molecule has 3 aromatic rings. The van der Waals surface area contributed by atoms with E-state index in [0.717, 1.165) is 0 Å². The van der Waals surface area contributed by atoms with Gasteiger partial charge in [0.15, 0.2) is 5.76 Å². The summed E-state index contributed by atoms with van der Waals surface area (Å²) in [6.07, 6.45) is 2.05. The van der Waals surface area contributed by atoms with E-state index in [0.29, 0.717) is 22.3 Å². The Morgan fingerprint density at radius 1 is 1.27 bits per heavy atom. The summed E-state index contributed by atoms with van der Waals surface area (Å²) in [6.45, 7) is 0.267. The van der Waals surface area contributed by atoms with Gasteiger partial charge in [-0.2, -0.15) is 5.10 Å². The molecule has 0 saturated carbocycles. The van der Waals surface area contributed by atoms with Crippen LogP contribution in [0, 0.1) is 5.82 Å². The van der Waals surface area contributed by atoms with Crippen LogP contribution in [0.1, 0.15) is 12.8 Å². The standard InChI is InChI=1S/C18H15BrFN3O3/c19-12-5-6-14(13(20)11-12)21-17(24)4-1-9-23-18(25)8-7-15(22-23)16-3-2-10-26-16/h2-3,5-8,10-11H,1,4,9H2,(H,21,24). The molecule has 134 valence electrons. The molecule has 0 saturated heterocycles. The molecule has 6 nitrogen and oxygen atoms in total. The number of carbonyl (C=O) groups excluding carboxylic acids is 1. The van der Waals surface area contributed by atoms with Crippen LogP contribution in [-0.4, -0.2) is 15.7 Å². The average molecular weight is 420 g/mol. The van der Waals surface area contributed by atoms with Gasteiger partial charge >= 0.3 is 0 Å². The zero-order valence-electron chi connectivity index (χ0n) is 13.6. The molecule has 0 aliphatic heterocycles.